The van der Waals surface area contributed by atoms with E-state index in [0.717, 1.165) is 56.6 Å². The summed E-state index contributed by atoms with van der Waals surface area (Å²) in [5.74, 6) is 1.64. The van der Waals surface area contributed by atoms with Gasteiger partial charge in [0.05, 0.1) is 25.6 Å². The molecule has 0 atom stereocenters. The predicted octanol–water partition coefficient (Wildman–Crippen LogP) is 8.11. The van der Waals surface area contributed by atoms with Gasteiger partial charge in [0.15, 0.2) is 0 Å². The van der Waals surface area contributed by atoms with Crippen molar-refractivity contribution in [3.8, 4) is 22.9 Å². The molecule has 0 fully saturated rings. The van der Waals surface area contributed by atoms with Crippen molar-refractivity contribution in [1.82, 2.24) is 9.97 Å². The van der Waals surface area contributed by atoms with Gasteiger partial charge in [-0.15, -0.1) is 0 Å². The van der Waals surface area contributed by atoms with Crippen molar-refractivity contribution in [2.75, 3.05) is 19.1 Å². The van der Waals surface area contributed by atoms with E-state index in [4.69, 9.17) is 9.47 Å². The number of aryl methyl sites for hydroxylation is 1. The number of pyridine rings is 2. The third-order valence-corrected chi connectivity index (χ3v) is 6.24. The van der Waals surface area contributed by atoms with E-state index in [1.165, 1.54) is 0 Å². The highest BCUT2D eigenvalue weighted by molar-refractivity contribution is 5.78. The molecule has 2 aromatic heterocycles. The highest BCUT2D eigenvalue weighted by Gasteiger charge is 2.13. The largest absolute Gasteiger partial charge is 0.497 e. The lowest BCUT2D eigenvalue weighted by molar-refractivity contribution is 0.415. The van der Waals surface area contributed by atoms with Gasteiger partial charge in [-0.1, -0.05) is 24.3 Å². The van der Waals surface area contributed by atoms with Crippen LogP contribution in [0.1, 0.15) is 16.7 Å². The first-order valence-electron chi connectivity index (χ1n) is 12.4. The Kier molecular flexibility index (Phi) is 7.46. The fraction of sp³-hybridized carbons (Fsp3) is 0.0909. The molecule has 0 N–H and O–H groups in total. The summed E-state index contributed by atoms with van der Waals surface area (Å²) in [5, 5.41) is 0. The van der Waals surface area contributed by atoms with Gasteiger partial charge in [-0.05, 0) is 109 Å². The van der Waals surface area contributed by atoms with Gasteiger partial charge < -0.3 is 14.4 Å². The molecule has 0 saturated heterocycles. The van der Waals surface area contributed by atoms with Crippen LogP contribution < -0.4 is 14.4 Å². The molecular formula is C33H29N3O2. The van der Waals surface area contributed by atoms with E-state index in [2.05, 4.69) is 88.5 Å². The number of aromatic nitrogens is 2. The zero-order chi connectivity index (χ0) is 26.3. The average Bonchev–Trinajstić information content (AvgIpc) is 2.98. The lowest BCUT2D eigenvalue weighted by Gasteiger charge is -2.26. The third kappa shape index (κ3) is 5.73. The maximum Gasteiger partial charge on any atom is 0.119 e. The molecule has 5 rings (SSSR count). The molecule has 0 spiro atoms. The molecule has 2 heterocycles. The second-order valence-electron chi connectivity index (χ2n) is 8.85. The van der Waals surface area contributed by atoms with Gasteiger partial charge in [0.2, 0.25) is 0 Å². The Hall–Kier alpha value is -4.90. The van der Waals surface area contributed by atoms with Crippen molar-refractivity contribution >= 4 is 29.2 Å². The zero-order valence-electron chi connectivity index (χ0n) is 21.7. The van der Waals surface area contributed by atoms with Crippen LogP contribution in [0.5, 0.6) is 11.5 Å². The minimum atomic E-state index is 0.821. The summed E-state index contributed by atoms with van der Waals surface area (Å²) < 4.78 is 10.7. The first kappa shape index (κ1) is 24.8. The summed E-state index contributed by atoms with van der Waals surface area (Å²) in [6, 6.07) is 32.7. The van der Waals surface area contributed by atoms with Gasteiger partial charge in [0.1, 0.15) is 11.5 Å². The third-order valence-electron chi connectivity index (χ3n) is 6.24. The average molecular weight is 500 g/mol. The summed E-state index contributed by atoms with van der Waals surface area (Å²) >= 11 is 0. The van der Waals surface area contributed by atoms with E-state index in [1.54, 1.807) is 14.2 Å². The van der Waals surface area contributed by atoms with Crippen molar-refractivity contribution in [1.29, 1.82) is 0 Å². The maximum atomic E-state index is 5.36. The standard InChI is InChI=1S/C33H29N3O2/c1-24-18-20-34-32(22-24)33-23-26(19-21-35-33)5-4-25-6-8-27(9-7-25)36(28-10-14-30(37-2)15-11-28)29-12-16-31(38-3)17-13-29/h4-23H,1-3H3/b5-4+. The van der Waals surface area contributed by atoms with Crippen LogP contribution in [0.3, 0.4) is 0 Å². The summed E-state index contributed by atoms with van der Waals surface area (Å²) in [6.45, 7) is 2.06. The smallest absolute Gasteiger partial charge is 0.119 e. The second kappa shape index (κ2) is 11.4. The van der Waals surface area contributed by atoms with Crippen LogP contribution in [-0.2, 0) is 0 Å². The van der Waals surface area contributed by atoms with Crippen molar-refractivity contribution in [3.63, 3.8) is 0 Å². The number of hydrogen-bond acceptors (Lipinski definition) is 5. The predicted molar refractivity (Wildman–Crippen MR) is 155 cm³/mol. The highest BCUT2D eigenvalue weighted by atomic mass is 16.5. The number of hydrogen-bond donors (Lipinski definition) is 0. The molecule has 0 aliphatic rings. The number of rotatable bonds is 8. The maximum absolute atomic E-state index is 5.36. The Morgan fingerprint density at radius 2 is 1.03 bits per heavy atom. The van der Waals surface area contributed by atoms with E-state index < -0.39 is 0 Å². The van der Waals surface area contributed by atoms with Crippen LogP contribution in [0.2, 0.25) is 0 Å². The molecule has 0 radical (unpaired) electrons. The van der Waals surface area contributed by atoms with Crippen molar-refractivity contribution < 1.29 is 9.47 Å². The topological polar surface area (TPSA) is 47.5 Å². The molecule has 5 heteroatoms. The van der Waals surface area contributed by atoms with Gasteiger partial charge in [-0.25, -0.2) is 0 Å². The molecule has 5 nitrogen and oxygen atoms in total. The molecule has 0 aliphatic carbocycles. The number of methoxy groups -OCH3 is 2. The molecule has 188 valence electrons. The van der Waals surface area contributed by atoms with E-state index in [0.29, 0.717) is 0 Å². The summed E-state index contributed by atoms with van der Waals surface area (Å²) in [4.78, 5) is 11.2. The minimum absolute atomic E-state index is 0.821. The normalized spacial score (nSPS) is 10.9. The van der Waals surface area contributed by atoms with Crippen LogP contribution in [0.15, 0.2) is 109 Å². The minimum Gasteiger partial charge on any atom is -0.497 e. The van der Waals surface area contributed by atoms with Crippen LogP contribution in [0, 0.1) is 6.92 Å². The van der Waals surface area contributed by atoms with Crippen molar-refractivity contribution in [2.45, 2.75) is 6.92 Å². The Morgan fingerprint density at radius 1 is 0.553 bits per heavy atom. The lowest BCUT2D eigenvalue weighted by atomic mass is 10.1. The van der Waals surface area contributed by atoms with Crippen molar-refractivity contribution in [2.24, 2.45) is 0 Å². The molecular weight excluding hydrogens is 470 g/mol. The lowest BCUT2D eigenvalue weighted by Crippen LogP contribution is -2.09. The quantitative estimate of drug-likeness (QED) is 0.216. The van der Waals surface area contributed by atoms with E-state index in [1.807, 2.05) is 54.9 Å². The van der Waals surface area contributed by atoms with Crippen LogP contribution >= 0.6 is 0 Å². The van der Waals surface area contributed by atoms with E-state index in [-0.39, 0.29) is 0 Å². The second-order valence-corrected chi connectivity index (χ2v) is 8.85. The fourth-order valence-corrected chi connectivity index (χ4v) is 4.20. The first-order chi connectivity index (χ1) is 18.6. The monoisotopic (exact) mass is 499 g/mol. The van der Waals surface area contributed by atoms with Crippen LogP contribution in [0.25, 0.3) is 23.5 Å². The Labute approximate surface area is 223 Å². The molecule has 0 amide bonds. The molecule has 5 aromatic rings. The Morgan fingerprint density at radius 3 is 1.55 bits per heavy atom. The molecule has 0 unspecified atom stereocenters. The summed E-state index contributed by atoms with van der Waals surface area (Å²) in [6.07, 6.45) is 7.85. The summed E-state index contributed by atoms with van der Waals surface area (Å²) in [5.41, 5.74) is 8.19. The zero-order valence-corrected chi connectivity index (χ0v) is 21.7. The molecule has 0 saturated carbocycles. The number of benzene rings is 3. The molecule has 3 aromatic carbocycles. The van der Waals surface area contributed by atoms with Crippen LogP contribution in [-0.4, -0.2) is 24.2 Å². The van der Waals surface area contributed by atoms with Gasteiger partial charge in [-0.2, -0.15) is 0 Å². The van der Waals surface area contributed by atoms with E-state index in [9.17, 15) is 0 Å². The number of nitrogens with zero attached hydrogens (tertiary/aromatic N) is 3. The van der Waals surface area contributed by atoms with Gasteiger partial charge >= 0.3 is 0 Å². The first-order valence-corrected chi connectivity index (χ1v) is 12.4. The van der Waals surface area contributed by atoms with Gasteiger partial charge in [0.25, 0.3) is 0 Å². The fourth-order valence-electron chi connectivity index (χ4n) is 4.20. The van der Waals surface area contributed by atoms with Crippen LogP contribution in [0.4, 0.5) is 17.1 Å². The van der Waals surface area contributed by atoms with Gasteiger partial charge in [-0.3, -0.25) is 9.97 Å². The Balaban J connectivity index is 1.41. The number of anilines is 3. The van der Waals surface area contributed by atoms with E-state index >= 15 is 0 Å². The number of ether oxygens (including phenoxy) is 2. The molecule has 38 heavy (non-hydrogen) atoms. The summed E-state index contributed by atoms with van der Waals surface area (Å²) in [7, 11) is 3.35. The Bertz CT molecular complexity index is 1480. The van der Waals surface area contributed by atoms with Gasteiger partial charge in [0, 0.05) is 29.5 Å². The molecule has 0 bridgehead atoms. The SMILES string of the molecule is COc1ccc(N(c2ccc(/C=C/c3ccnc(-c4cc(C)ccn4)c3)cc2)c2ccc(OC)cc2)cc1. The van der Waals surface area contributed by atoms with Crippen molar-refractivity contribution in [3.05, 3.63) is 126 Å². The highest BCUT2D eigenvalue weighted by Crippen LogP contribution is 2.36. The molecule has 0 aliphatic heterocycles.